The number of nitrogens with one attached hydrogen (secondary N) is 1. The fourth-order valence-corrected chi connectivity index (χ4v) is 5.21. The number of hydrogen-bond acceptors (Lipinski definition) is 1. The molecule has 0 radical (unpaired) electrons. The lowest BCUT2D eigenvalue weighted by atomic mass is 9.97. The molecule has 1 N–H and O–H groups in total. The van der Waals surface area contributed by atoms with Crippen molar-refractivity contribution in [1.29, 1.82) is 0 Å². The largest absolute Gasteiger partial charge is 0.356 e. The number of H-pyrrole nitrogens is 1. The van der Waals surface area contributed by atoms with Crippen LogP contribution < -0.4 is 0 Å². The first-order chi connectivity index (χ1) is 15.2. The summed E-state index contributed by atoms with van der Waals surface area (Å²) in [6.07, 6.45) is 19.2. The maximum absolute atomic E-state index is 12.8. The van der Waals surface area contributed by atoms with E-state index in [9.17, 15) is 4.79 Å². The fraction of sp³-hybridized carbons (Fsp3) is 0.679. The van der Waals surface area contributed by atoms with E-state index in [2.05, 4.69) is 48.0 Å². The summed E-state index contributed by atoms with van der Waals surface area (Å²) in [6.45, 7) is 5.31. The van der Waals surface area contributed by atoms with Crippen molar-refractivity contribution in [2.24, 2.45) is 0 Å². The van der Waals surface area contributed by atoms with Crippen LogP contribution in [0.4, 0.5) is 0 Å². The summed E-state index contributed by atoms with van der Waals surface area (Å²) < 4.78 is 0. The van der Waals surface area contributed by atoms with E-state index in [4.69, 9.17) is 0 Å². The Balaban J connectivity index is 1.26. The first kappa shape index (κ1) is 23.9. The van der Waals surface area contributed by atoms with Gasteiger partial charge in [0.15, 0.2) is 0 Å². The van der Waals surface area contributed by atoms with E-state index in [1.165, 1.54) is 99.2 Å². The maximum Gasteiger partial charge on any atom is 0.223 e. The molecule has 1 amide bonds. The van der Waals surface area contributed by atoms with Gasteiger partial charge < -0.3 is 9.88 Å². The van der Waals surface area contributed by atoms with Crippen LogP contribution in [0.2, 0.25) is 0 Å². The smallest absolute Gasteiger partial charge is 0.223 e. The molecule has 1 aromatic heterocycles. The highest BCUT2D eigenvalue weighted by Crippen LogP contribution is 2.34. The summed E-state index contributed by atoms with van der Waals surface area (Å²) in [6, 6.07) is 8.67. The first-order valence-electron chi connectivity index (χ1n) is 13.1. The molecule has 3 rings (SSSR count). The monoisotopic (exact) mass is 424 g/mol. The van der Waals surface area contributed by atoms with Crippen LogP contribution in [0, 0.1) is 0 Å². The lowest BCUT2D eigenvalue weighted by Crippen LogP contribution is -2.38. The first-order valence-corrected chi connectivity index (χ1v) is 13.1. The number of nitrogens with zero attached hydrogens (tertiary/aromatic N) is 1. The normalized spacial score (nSPS) is 16.1. The number of rotatable bonds is 14. The molecule has 1 aliphatic rings. The van der Waals surface area contributed by atoms with E-state index in [0.29, 0.717) is 12.3 Å². The number of hydrogen-bond donors (Lipinski definition) is 1. The number of fused-ring (bicyclic) bond motifs is 3. The summed E-state index contributed by atoms with van der Waals surface area (Å²) in [5, 5.41) is 1.33. The average Bonchev–Trinajstić information content (AvgIpc) is 3.17. The number of unbranched alkanes of at least 4 members (excludes halogenated alkanes) is 12. The lowest BCUT2D eigenvalue weighted by molar-refractivity contribution is -0.134. The minimum atomic E-state index is 0.158. The third-order valence-electron chi connectivity index (χ3n) is 7.15. The van der Waals surface area contributed by atoms with Gasteiger partial charge >= 0.3 is 0 Å². The highest BCUT2D eigenvalue weighted by atomic mass is 16.2. The van der Waals surface area contributed by atoms with Gasteiger partial charge in [0.05, 0.1) is 6.04 Å². The molecule has 1 atom stereocenters. The van der Waals surface area contributed by atoms with Crippen molar-refractivity contribution in [2.75, 3.05) is 6.54 Å². The summed E-state index contributed by atoms with van der Waals surface area (Å²) in [5.74, 6) is 0.333. The molecule has 31 heavy (non-hydrogen) atoms. The van der Waals surface area contributed by atoms with Crippen molar-refractivity contribution in [2.45, 2.75) is 116 Å². The zero-order valence-corrected chi connectivity index (χ0v) is 20.1. The minimum Gasteiger partial charge on any atom is -0.356 e. The van der Waals surface area contributed by atoms with Crippen LogP contribution in [0.5, 0.6) is 0 Å². The molecule has 3 nitrogen and oxygen atoms in total. The highest BCUT2D eigenvalue weighted by molar-refractivity contribution is 5.86. The van der Waals surface area contributed by atoms with Crippen molar-refractivity contribution in [1.82, 2.24) is 9.88 Å². The number of para-hydroxylation sites is 1. The Hall–Kier alpha value is -1.77. The SMILES string of the molecule is CCCCCCCCCCCCCCCC(=O)N1CCc2c([nH]c3ccccc23)[C@H]1C. The van der Waals surface area contributed by atoms with Gasteiger partial charge in [-0.25, -0.2) is 0 Å². The zero-order chi connectivity index (χ0) is 21.9. The summed E-state index contributed by atoms with van der Waals surface area (Å²) >= 11 is 0. The van der Waals surface area contributed by atoms with Gasteiger partial charge in [-0.1, -0.05) is 102 Å². The molecule has 0 spiro atoms. The van der Waals surface area contributed by atoms with Crippen LogP contribution in [0.25, 0.3) is 10.9 Å². The number of carbonyl (C=O) groups is 1. The summed E-state index contributed by atoms with van der Waals surface area (Å²) in [5.41, 5.74) is 3.85. The molecule has 0 saturated heterocycles. The second kappa shape index (κ2) is 12.9. The third kappa shape index (κ3) is 6.85. The Bertz CT molecular complexity index is 793. The van der Waals surface area contributed by atoms with E-state index < -0.39 is 0 Å². The van der Waals surface area contributed by atoms with Crippen molar-refractivity contribution in [3.63, 3.8) is 0 Å². The molecule has 1 aliphatic heterocycles. The molecular formula is C28H44N2O. The molecule has 0 saturated carbocycles. The van der Waals surface area contributed by atoms with E-state index >= 15 is 0 Å². The standard InChI is InChI=1S/C28H44N2O/c1-3-4-5-6-7-8-9-10-11-12-13-14-15-20-27(31)30-22-21-25-24-18-16-17-19-26(24)29-28(25)23(30)2/h16-19,23,29H,3-15,20-22H2,1-2H3/t23-/m1/s1. The van der Waals surface area contributed by atoms with Crippen LogP contribution >= 0.6 is 0 Å². The molecule has 2 aromatic rings. The van der Waals surface area contributed by atoms with Gasteiger partial charge in [0.1, 0.15) is 0 Å². The molecule has 2 heterocycles. The number of aromatic nitrogens is 1. The zero-order valence-electron chi connectivity index (χ0n) is 20.1. The second-order valence-electron chi connectivity index (χ2n) is 9.57. The number of amides is 1. The van der Waals surface area contributed by atoms with Crippen molar-refractivity contribution < 1.29 is 4.79 Å². The molecule has 1 aromatic carbocycles. The van der Waals surface area contributed by atoms with Gasteiger partial charge in [0.25, 0.3) is 0 Å². The molecule has 172 valence electrons. The Labute approximate surface area is 190 Å². The predicted molar refractivity (Wildman–Crippen MR) is 132 cm³/mol. The van der Waals surface area contributed by atoms with Crippen LogP contribution in [0.3, 0.4) is 0 Å². The van der Waals surface area contributed by atoms with E-state index in [1.54, 1.807) is 0 Å². The molecule has 0 bridgehead atoms. The van der Waals surface area contributed by atoms with Crippen LogP contribution in [0.1, 0.15) is 121 Å². The second-order valence-corrected chi connectivity index (χ2v) is 9.57. The lowest BCUT2D eigenvalue weighted by Gasteiger charge is -2.33. The van der Waals surface area contributed by atoms with Gasteiger partial charge in [-0.2, -0.15) is 0 Å². The molecule has 0 fully saturated rings. The Morgan fingerprint density at radius 2 is 1.48 bits per heavy atom. The Morgan fingerprint density at radius 1 is 0.903 bits per heavy atom. The van der Waals surface area contributed by atoms with Crippen molar-refractivity contribution in [3.05, 3.63) is 35.5 Å². The Kier molecular flexibility index (Phi) is 9.96. The van der Waals surface area contributed by atoms with Crippen LogP contribution in [0.15, 0.2) is 24.3 Å². The van der Waals surface area contributed by atoms with Crippen LogP contribution in [-0.4, -0.2) is 22.3 Å². The molecule has 0 aliphatic carbocycles. The highest BCUT2D eigenvalue weighted by Gasteiger charge is 2.29. The minimum absolute atomic E-state index is 0.158. The van der Waals surface area contributed by atoms with E-state index in [-0.39, 0.29) is 6.04 Å². The molecule has 0 unspecified atom stereocenters. The summed E-state index contributed by atoms with van der Waals surface area (Å²) in [4.78, 5) is 18.5. The summed E-state index contributed by atoms with van der Waals surface area (Å²) in [7, 11) is 0. The number of aromatic amines is 1. The van der Waals surface area contributed by atoms with Crippen molar-refractivity contribution in [3.8, 4) is 0 Å². The topological polar surface area (TPSA) is 36.1 Å². The van der Waals surface area contributed by atoms with Gasteiger partial charge in [-0.3, -0.25) is 4.79 Å². The van der Waals surface area contributed by atoms with Gasteiger partial charge in [0.2, 0.25) is 5.91 Å². The number of benzene rings is 1. The third-order valence-corrected chi connectivity index (χ3v) is 7.15. The number of carbonyl (C=O) groups excluding carboxylic acids is 1. The van der Waals surface area contributed by atoms with Crippen molar-refractivity contribution >= 4 is 16.8 Å². The van der Waals surface area contributed by atoms with E-state index in [1.807, 2.05) is 0 Å². The predicted octanol–water partition coefficient (Wildman–Crippen LogP) is 8.09. The average molecular weight is 425 g/mol. The van der Waals surface area contributed by atoms with Crippen LogP contribution in [-0.2, 0) is 11.2 Å². The van der Waals surface area contributed by atoms with E-state index in [0.717, 1.165) is 19.4 Å². The maximum atomic E-state index is 12.8. The molecule has 3 heteroatoms. The van der Waals surface area contributed by atoms with Gasteiger partial charge in [0, 0.05) is 29.6 Å². The van der Waals surface area contributed by atoms with Gasteiger partial charge in [-0.15, -0.1) is 0 Å². The Morgan fingerprint density at radius 3 is 2.13 bits per heavy atom. The van der Waals surface area contributed by atoms with Gasteiger partial charge in [-0.05, 0) is 31.4 Å². The fourth-order valence-electron chi connectivity index (χ4n) is 5.21. The quantitative estimate of drug-likeness (QED) is 0.306. The molecular weight excluding hydrogens is 380 g/mol.